The molecule has 2 saturated heterocycles. The first kappa shape index (κ1) is 24.6. The van der Waals surface area contributed by atoms with Crippen LogP contribution in [0.25, 0.3) is 0 Å². The molecule has 0 saturated carbocycles. The fourth-order valence-corrected chi connectivity index (χ4v) is 5.32. The Bertz CT molecular complexity index is 1090. The molecule has 1 aromatic heterocycles. The summed E-state index contributed by atoms with van der Waals surface area (Å²) < 4.78 is 11.6. The lowest BCUT2D eigenvalue weighted by Crippen LogP contribution is -2.58. The van der Waals surface area contributed by atoms with Gasteiger partial charge in [-0.2, -0.15) is 0 Å². The number of carbonyl (C=O) groups is 3. The van der Waals surface area contributed by atoms with Gasteiger partial charge in [-0.05, 0) is 72.2 Å². The van der Waals surface area contributed by atoms with Crippen LogP contribution in [-0.2, 0) is 14.3 Å². The van der Waals surface area contributed by atoms with Gasteiger partial charge < -0.3 is 25.0 Å². The number of rotatable bonds is 5. The van der Waals surface area contributed by atoms with E-state index in [2.05, 4.69) is 26.6 Å². The zero-order valence-corrected chi connectivity index (χ0v) is 21.5. The van der Waals surface area contributed by atoms with E-state index in [-0.39, 0.29) is 18.4 Å². The van der Waals surface area contributed by atoms with Gasteiger partial charge in [-0.25, -0.2) is 4.79 Å². The van der Waals surface area contributed by atoms with Crippen molar-refractivity contribution < 1.29 is 23.9 Å². The maximum absolute atomic E-state index is 13.2. The predicted molar refractivity (Wildman–Crippen MR) is 134 cm³/mol. The molecule has 2 N–H and O–H groups in total. The minimum atomic E-state index is -1.23. The predicted octanol–water partition coefficient (Wildman–Crippen LogP) is 3.37. The third kappa shape index (κ3) is 5.60. The van der Waals surface area contributed by atoms with Crippen molar-refractivity contribution in [2.75, 3.05) is 50.1 Å². The summed E-state index contributed by atoms with van der Waals surface area (Å²) >= 11 is 4.60. The summed E-state index contributed by atoms with van der Waals surface area (Å²) in [4.78, 5) is 42.2. The summed E-state index contributed by atoms with van der Waals surface area (Å²) in [5.41, 5.74) is 1.06. The molecule has 11 heteroatoms. The van der Waals surface area contributed by atoms with Crippen LogP contribution in [-0.4, -0.2) is 68.2 Å². The summed E-state index contributed by atoms with van der Waals surface area (Å²) in [6.07, 6.45) is 0.508. The summed E-state index contributed by atoms with van der Waals surface area (Å²) in [5.74, 6) is -0.323. The maximum Gasteiger partial charge on any atom is 0.414 e. The standard InChI is InChI=1S/C23H27BrN4O5S/c1-15-12-16(4-5-17(15)28-10-3-9-27(2)13-19(28)29)25-21(30)23(8-11-32-14-23)26-22(31)33-20-7-6-18(24)34-20/h4-7,12H,3,8-11,13-14H2,1-2H3,(H,25,30)(H,26,31). The van der Waals surface area contributed by atoms with Crippen LogP contribution in [0.3, 0.4) is 0 Å². The molecular weight excluding hydrogens is 524 g/mol. The number of aryl methyl sites for hydroxylation is 1. The molecular formula is C23H27BrN4O5S. The van der Waals surface area contributed by atoms with Crippen molar-refractivity contribution in [1.29, 1.82) is 0 Å². The Morgan fingerprint density at radius 1 is 1.24 bits per heavy atom. The van der Waals surface area contributed by atoms with Crippen molar-refractivity contribution in [3.63, 3.8) is 0 Å². The van der Waals surface area contributed by atoms with E-state index in [1.165, 1.54) is 11.3 Å². The number of carbonyl (C=O) groups excluding carboxylic acids is 3. The van der Waals surface area contributed by atoms with Crippen LogP contribution in [0.15, 0.2) is 34.1 Å². The lowest BCUT2D eigenvalue weighted by Gasteiger charge is -2.27. The topological polar surface area (TPSA) is 100 Å². The van der Waals surface area contributed by atoms with Crippen LogP contribution < -0.4 is 20.3 Å². The molecule has 3 heterocycles. The van der Waals surface area contributed by atoms with Crippen molar-refractivity contribution in [3.05, 3.63) is 39.7 Å². The van der Waals surface area contributed by atoms with E-state index in [1.54, 1.807) is 23.1 Å². The number of benzene rings is 1. The van der Waals surface area contributed by atoms with Gasteiger partial charge in [-0.1, -0.05) is 11.3 Å². The minimum absolute atomic E-state index is 0.0505. The van der Waals surface area contributed by atoms with Gasteiger partial charge in [0.25, 0.3) is 5.91 Å². The number of nitrogens with zero attached hydrogens (tertiary/aromatic N) is 2. The first-order chi connectivity index (χ1) is 16.3. The Hall–Kier alpha value is -2.47. The Labute approximate surface area is 210 Å². The van der Waals surface area contributed by atoms with Crippen LogP contribution in [0.2, 0.25) is 0 Å². The van der Waals surface area contributed by atoms with E-state index in [9.17, 15) is 14.4 Å². The molecule has 3 amide bonds. The molecule has 1 unspecified atom stereocenters. The van der Waals surface area contributed by atoms with Gasteiger partial charge in [0.05, 0.1) is 16.9 Å². The minimum Gasteiger partial charge on any atom is -0.399 e. The number of likely N-dealkylation sites (N-methyl/N-ethyl adjacent to an activating group) is 1. The molecule has 34 heavy (non-hydrogen) atoms. The van der Waals surface area contributed by atoms with Gasteiger partial charge in [0.15, 0.2) is 5.06 Å². The Balaban J connectivity index is 1.45. The second-order valence-corrected chi connectivity index (χ2v) is 11.0. The van der Waals surface area contributed by atoms with Crippen molar-refractivity contribution in [1.82, 2.24) is 10.2 Å². The summed E-state index contributed by atoms with van der Waals surface area (Å²) in [7, 11) is 1.94. The van der Waals surface area contributed by atoms with E-state index in [4.69, 9.17) is 9.47 Å². The first-order valence-corrected chi connectivity index (χ1v) is 12.6. The number of anilines is 2. The Morgan fingerprint density at radius 2 is 2.06 bits per heavy atom. The van der Waals surface area contributed by atoms with Gasteiger partial charge in [0, 0.05) is 37.5 Å². The van der Waals surface area contributed by atoms with Crippen LogP contribution in [0.4, 0.5) is 16.2 Å². The molecule has 0 bridgehead atoms. The van der Waals surface area contributed by atoms with Gasteiger partial charge in [-0.3, -0.25) is 14.5 Å². The highest BCUT2D eigenvalue weighted by Gasteiger charge is 2.44. The highest BCUT2D eigenvalue weighted by Crippen LogP contribution is 2.30. The quantitative estimate of drug-likeness (QED) is 0.592. The molecule has 182 valence electrons. The van der Waals surface area contributed by atoms with Crippen molar-refractivity contribution in [2.24, 2.45) is 0 Å². The third-order valence-corrected chi connectivity index (χ3v) is 7.41. The Kier molecular flexibility index (Phi) is 7.56. The molecule has 9 nitrogen and oxygen atoms in total. The second-order valence-electron chi connectivity index (χ2n) is 8.55. The molecule has 1 atom stereocenters. The maximum atomic E-state index is 13.2. The molecule has 0 spiro atoms. The molecule has 4 rings (SSSR count). The Morgan fingerprint density at radius 3 is 2.74 bits per heavy atom. The highest BCUT2D eigenvalue weighted by molar-refractivity contribution is 9.11. The number of hydrogen-bond acceptors (Lipinski definition) is 7. The smallest absolute Gasteiger partial charge is 0.399 e. The van der Waals surface area contributed by atoms with Crippen molar-refractivity contribution in [2.45, 2.75) is 25.3 Å². The normalized spacial score (nSPS) is 21.3. The van der Waals surface area contributed by atoms with E-state index in [1.807, 2.05) is 31.0 Å². The van der Waals surface area contributed by atoms with Gasteiger partial charge in [0.2, 0.25) is 5.91 Å². The summed E-state index contributed by atoms with van der Waals surface area (Å²) in [5, 5.41) is 6.01. The molecule has 2 aliphatic rings. The monoisotopic (exact) mass is 550 g/mol. The average molecular weight is 551 g/mol. The highest BCUT2D eigenvalue weighted by atomic mass is 79.9. The van der Waals surface area contributed by atoms with Gasteiger partial charge in [-0.15, -0.1) is 0 Å². The number of amides is 3. The van der Waals surface area contributed by atoms with Gasteiger partial charge >= 0.3 is 6.09 Å². The van der Waals surface area contributed by atoms with Crippen LogP contribution in [0, 0.1) is 6.92 Å². The van der Waals surface area contributed by atoms with E-state index < -0.39 is 11.6 Å². The summed E-state index contributed by atoms with van der Waals surface area (Å²) in [6, 6.07) is 8.90. The molecule has 1 aromatic carbocycles. The molecule has 0 aliphatic carbocycles. The van der Waals surface area contributed by atoms with Crippen LogP contribution in [0.5, 0.6) is 5.06 Å². The molecule has 2 fully saturated rings. The SMILES string of the molecule is Cc1cc(NC(=O)C2(NC(=O)Oc3ccc(Br)s3)CCOC2)ccc1N1CCCN(C)CC1=O. The number of thiophene rings is 1. The molecule has 2 aromatic rings. The van der Waals surface area contributed by atoms with Crippen LogP contribution >= 0.6 is 27.3 Å². The fraction of sp³-hybridized carbons (Fsp3) is 0.435. The van der Waals surface area contributed by atoms with Crippen molar-refractivity contribution in [3.8, 4) is 5.06 Å². The lowest BCUT2D eigenvalue weighted by molar-refractivity contribution is -0.122. The second kappa shape index (κ2) is 10.4. The van der Waals surface area contributed by atoms with Crippen LogP contribution in [0.1, 0.15) is 18.4 Å². The van der Waals surface area contributed by atoms with Crippen molar-refractivity contribution >= 4 is 56.5 Å². The number of nitrogens with one attached hydrogen (secondary N) is 2. The zero-order valence-electron chi connectivity index (χ0n) is 19.1. The average Bonchev–Trinajstić information content (AvgIpc) is 3.37. The number of ether oxygens (including phenoxy) is 2. The number of hydrogen-bond donors (Lipinski definition) is 2. The van der Waals surface area contributed by atoms with E-state index in [0.717, 1.165) is 28.0 Å². The molecule has 2 aliphatic heterocycles. The largest absolute Gasteiger partial charge is 0.414 e. The lowest BCUT2D eigenvalue weighted by atomic mass is 9.97. The van der Waals surface area contributed by atoms with E-state index in [0.29, 0.717) is 36.9 Å². The fourth-order valence-electron chi connectivity index (χ4n) is 4.12. The van der Waals surface area contributed by atoms with Gasteiger partial charge in [0.1, 0.15) is 5.54 Å². The zero-order chi connectivity index (χ0) is 24.3. The van der Waals surface area contributed by atoms with E-state index >= 15 is 0 Å². The summed E-state index contributed by atoms with van der Waals surface area (Å²) in [6.45, 7) is 4.22. The first-order valence-electron chi connectivity index (χ1n) is 11.0. The number of halogens is 1. The third-order valence-electron chi connectivity index (χ3n) is 5.91. The molecule has 0 radical (unpaired) electrons.